The summed E-state index contributed by atoms with van der Waals surface area (Å²) in [6.45, 7) is 0.523. The van der Waals surface area contributed by atoms with Crippen LogP contribution in [-0.2, 0) is 10.5 Å². The van der Waals surface area contributed by atoms with Gasteiger partial charge in [0.2, 0.25) is 5.91 Å². The van der Waals surface area contributed by atoms with E-state index in [9.17, 15) is 9.18 Å². The minimum absolute atomic E-state index is 0.140. The van der Waals surface area contributed by atoms with Crippen LogP contribution < -0.4 is 5.32 Å². The smallest absolute Gasteiger partial charge is 0.244 e. The lowest BCUT2D eigenvalue weighted by Crippen LogP contribution is -2.23. The van der Waals surface area contributed by atoms with Crippen molar-refractivity contribution in [3.05, 3.63) is 76.6 Å². The average Bonchev–Trinajstić information content (AvgIpc) is 2.56. The van der Waals surface area contributed by atoms with Crippen molar-refractivity contribution in [2.45, 2.75) is 5.75 Å². The largest absolute Gasteiger partial charge is 0.352 e. The zero-order chi connectivity index (χ0) is 16.5. The Morgan fingerprint density at radius 2 is 1.96 bits per heavy atom. The number of amides is 1. The molecule has 1 N–H and O–H groups in total. The van der Waals surface area contributed by atoms with E-state index < -0.39 is 0 Å². The molecular weight excluding hydrogens is 333 g/mol. The normalized spacial score (nSPS) is 10.9. The van der Waals surface area contributed by atoms with E-state index >= 15 is 0 Å². The lowest BCUT2D eigenvalue weighted by molar-refractivity contribution is -0.116. The summed E-state index contributed by atoms with van der Waals surface area (Å²) < 4.78 is 13.6. The van der Waals surface area contributed by atoms with Gasteiger partial charge in [0.15, 0.2) is 0 Å². The number of carbonyl (C=O) groups excluding carboxylic acids is 1. The second-order valence-corrected chi connectivity index (χ2v) is 6.30. The molecule has 5 heteroatoms. The number of benzene rings is 2. The third kappa shape index (κ3) is 6.08. The maximum absolute atomic E-state index is 13.6. The highest BCUT2D eigenvalue weighted by Gasteiger charge is 2.06. The van der Waals surface area contributed by atoms with Crippen molar-refractivity contribution in [1.82, 2.24) is 5.32 Å². The molecule has 2 nitrogen and oxygen atoms in total. The van der Waals surface area contributed by atoms with Crippen molar-refractivity contribution in [1.29, 1.82) is 0 Å². The molecular formula is C18H17ClFNOS. The van der Waals surface area contributed by atoms with Gasteiger partial charge in [0.05, 0.1) is 0 Å². The quantitative estimate of drug-likeness (QED) is 0.587. The van der Waals surface area contributed by atoms with Crippen molar-refractivity contribution in [3.63, 3.8) is 0 Å². The number of rotatable bonds is 7. The molecule has 0 atom stereocenters. The maximum atomic E-state index is 13.6. The molecule has 2 aromatic rings. The highest BCUT2D eigenvalue weighted by atomic mass is 35.5. The molecule has 2 aromatic carbocycles. The Balaban J connectivity index is 1.67. The van der Waals surface area contributed by atoms with Crippen molar-refractivity contribution in [3.8, 4) is 0 Å². The Morgan fingerprint density at radius 1 is 1.17 bits per heavy atom. The van der Waals surface area contributed by atoms with E-state index in [0.29, 0.717) is 28.6 Å². The van der Waals surface area contributed by atoms with Crippen molar-refractivity contribution in [2.75, 3.05) is 12.3 Å². The van der Waals surface area contributed by atoms with E-state index in [1.54, 1.807) is 18.2 Å². The molecule has 2 rings (SSSR count). The minimum Gasteiger partial charge on any atom is -0.352 e. The number of halogens is 2. The van der Waals surface area contributed by atoms with Gasteiger partial charge in [0.25, 0.3) is 0 Å². The van der Waals surface area contributed by atoms with Gasteiger partial charge in [0, 0.05) is 34.7 Å². The Morgan fingerprint density at radius 3 is 2.70 bits per heavy atom. The SMILES string of the molecule is O=C(/C=C/c1ccccc1)NCCSCc1c(F)cccc1Cl. The van der Waals surface area contributed by atoms with Gasteiger partial charge in [-0.15, -0.1) is 0 Å². The zero-order valence-electron chi connectivity index (χ0n) is 12.5. The Bertz CT molecular complexity index is 656. The summed E-state index contributed by atoms with van der Waals surface area (Å²) in [5.74, 6) is 0.745. The predicted molar refractivity (Wildman–Crippen MR) is 96.1 cm³/mol. The lowest BCUT2D eigenvalue weighted by Gasteiger charge is -2.06. The number of hydrogen-bond donors (Lipinski definition) is 1. The fourth-order valence-corrected chi connectivity index (χ4v) is 3.08. The molecule has 0 aromatic heterocycles. The molecule has 0 aliphatic carbocycles. The van der Waals surface area contributed by atoms with Crippen LogP contribution in [-0.4, -0.2) is 18.2 Å². The van der Waals surface area contributed by atoms with Crippen LogP contribution in [0.2, 0.25) is 5.02 Å². The first-order valence-electron chi connectivity index (χ1n) is 7.18. The van der Waals surface area contributed by atoms with E-state index in [-0.39, 0.29) is 11.7 Å². The van der Waals surface area contributed by atoms with Gasteiger partial charge >= 0.3 is 0 Å². The fourth-order valence-electron chi connectivity index (χ4n) is 1.89. The average molecular weight is 350 g/mol. The molecule has 0 saturated carbocycles. The van der Waals surface area contributed by atoms with E-state index in [4.69, 9.17) is 11.6 Å². The van der Waals surface area contributed by atoms with Crippen molar-refractivity contribution < 1.29 is 9.18 Å². The van der Waals surface area contributed by atoms with Crippen LogP contribution in [0.3, 0.4) is 0 Å². The summed E-state index contributed by atoms with van der Waals surface area (Å²) in [4.78, 5) is 11.7. The van der Waals surface area contributed by atoms with E-state index in [1.807, 2.05) is 30.3 Å². The van der Waals surface area contributed by atoms with Gasteiger partial charge in [0.1, 0.15) is 5.82 Å². The van der Waals surface area contributed by atoms with Gasteiger partial charge in [-0.3, -0.25) is 4.79 Å². The first-order valence-corrected chi connectivity index (χ1v) is 8.71. The van der Waals surface area contributed by atoms with Crippen LogP contribution in [0.4, 0.5) is 4.39 Å². The number of thioether (sulfide) groups is 1. The highest BCUT2D eigenvalue weighted by molar-refractivity contribution is 7.98. The number of nitrogens with one attached hydrogen (secondary N) is 1. The van der Waals surface area contributed by atoms with Crippen LogP contribution >= 0.6 is 23.4 Å². The predicted octanol–water partition coefficient (Wildman–Crippen LogP) is 4.54. The first kappa shape index (κ1) is 17.6. The van der Waals surface area contributed by atoms with Crippen LogP contribution in [0, 0.1) is 5.82 Å². The number of hydrogen-bond acceptors (Lipinski definition) is 2. The molecule has 0 fully saturated rings. The monoisotopic (exact) mass is 349 g/mol. The molecule has 0 radical (unpaired) electrons. The topological polar surface area (TPSA) is 29.1 Å². The molecule has 120 valence electrons. The van der Waals surface area contributed by atoms with E-state index in [0.717, 1.165) is 5.56 Å². The van der Waals surface area contributed by atoms with Crippen LogP contribution in [0.1, 0.15) is 11.1 Å². The summed E-state index contributed by atoms with van der Waals surface area (Å²) in [7, 11) is 0. The zero-order valence-corrected chi connectivity index (χ0v) is 14.0. The second kappa shape index (κ2) is 9.38. The summed E-state index contributed by atoms with van der Waals surface area (Å²) in [5.41, 5.74) is 1.49. The summed E-state index contributed by atoms with van der Waals surface area (Å²) in [6.07, 6.45) is 3.27. The molecule has 0 spiro atoms. The molecule has 23 heavy (non-hydrogen) atoms. The van der Waals surface area contributed by atoms with Crippen LogP contribution in [0.25, 0.3) is 6.08 Å². The van der Waals surface area contributed by atoms with Crippen molar-refractivity contribution >= 4 is 35.3 Å². The lowest BCUT2D eigenvalue weighted by atomic mass is 10.2. The Kier molecular flexibility index (Phi) is 7.17. The molecule has 0 aliphatic heterocycles. The van der Waals surface area contributed by atoms with Gasteiger partial charge in [-0.2, -0.15) is 11.8 Å². The van der Waals surface area contributed by atoms with E-state index in [2.05, 4.69) is 5.32 Å². The summed E-state index contributed by atoms with van der Waals surface area (Å²) in [6, 6.07) is 14.3. The van der Waals surface area contributed by atoms with E-state index in [1.165, 1.54) is 23.9 Å². The fraction of sp³-hybridized carbons (Fsp3) is 0.167. The van der Waals surface area contributed by atoms with Crippen LogP contribution in [0.5, 0.6) is 0 Å². The standard InChI is InChI=1S/C18H17ClFNOS/c19-16-7-4-8-17(20)15(16)13-23-12-11-21-18(22)10-9-14-5-2-1-3-6-14/h1-10H,11-13H2,(H,21,22)/b10-9+. The molecule has 1 amide bonds. The highest BCUT2D eigenvalue weighted by Crippen LogP contribution is 2.23. The third-order valence-corrected chi connectivity index (χ3v) is 4.42. The molecule has 0 saturated heterocycles. The minimum atomic E-state index is -0.292. The molecule has 0 heterocycles. The Hall–Kier alpha value is -1.78. The van der Waals surface area contributed by atoms with Gasteiger partial charge < -0.3 is 5.32 Å². The summed E-state index contributed by atoms with van der Waals surface area (Å²) >= 11 is 7.49. The first-order chi connectivity index (χ1) is 11.2. The maximum Gasteiger partial charge on any atom is 0.244 e. The summed E-state index contributed by atoms with van der Waals surface area (Å²) in [5, 5.41) is 3.23. The van der Waals surface area contributed by atoms with Gasteiger partial charge in [-0.05, 0) is 23.8 Å². The van der Waals surface area contributed by atoms with Gasteiger partial charge in [-0.25, -0.2) is 4.39 Å². The van der Waals surface area contributed by atoms with Crippen molar-refractivity contribution in [2.24, 2.45) is 0 Å². The molecule has 0 bridgehead atoms. The second-order valence-electron chi connectivity index (χ2n) is 4.79. The van der Waals surface area contributed by atoms with Crippen LogP contribution in [0.15, 0.2) is 54.6 Å². The third-order valence-electron chi connectivity index (χ3n) is 3.08. The van der Waals surface area contributed by atoms with Gasteiger partial charge in [-0.1, -0.05) is 48.0 Å². The Labute approximate surface area is 144 Å². The molecule has 0 unspecified atom stereocenters. The number of carbonyl (C=O) groups is 1. The molecule has 0 aliphatic rings.